The van der Waals surface area contributed by atoms with Gasteiger partial charge >= 0.3 is 0 Å². The smallest absolute Gasteiger partial charge is 0.117 e. The zero-order valence-corrected chi connectivity index (χ0v) is 12.3. The van der Waals surface area contributed by atoms with Crippen LogP contribution in [0.1, 0.15) is 11.1 Å². The van der Waals surface area contributed by atoms with Gasteiger partial charge in [-0.2, -0.15) is 20.7 Å². The Morgan fingerprint density at radius 3 is 1.64 bits per heavy atom. The van der Waals surface area contributed by atoms with Crippen LogP contribution < -0.4 is 9.80 Å². The fourth-order valence-corrected chi connectivity index (χ4v) is 2.40. The van der Waals surface area contributed by atoms with Crippen molar-refractivity contribution in [1.82, 2.24) is 10.0 Å². The first-order valence-electron chi connectivity index (χ1n) is 6.64. The maximum atomic E-state index is 9.37. The molecule has 0 spiro atoms. The third-order valence-electron chi connectivity index (χ3n) is 3.46. The number of anilines is 2. The molecule has 2 aliphatic heterocycles. The average molecular weight is 294 g/mol. The minimum absolute atomic E-state index is 0.451. The SMILES string of the molecule is CN1CN(c2cc(N3C=NN(C)C3)c(C#N)cc2C#N)C=N1. The van der Waals surface area contributed by atoms with Gasteiger partial charge < -0.3 is 9.80 Å². The van der Waals surface area contributed by atoms with E-state index >= 15 is 0 Å². The van der Waals surface area contributed by atoms with Crippen LogP contribution in [0.3, 0.4) is 0 Å². The molecule has 1 aromatic rings. The summed E-state index contributed by atoms with van der Waals surface area (Å²) in [6.07, 6.45) is 3.35. The quantitative estimate of drug-likeness (QED) is 0.799. The van der Waals surface area contributed by atoms with Gasteiger partial charge in [-0.3, -0.25) is 10.0 Å². The molecule has 0 aliphatic carbocycles. The molecule has 2 heterocycles. The molecule has 0 N–H and O–H groups in total. The highest BCUT2D eigenvalue weighted by Gasteiger charge is 2.22. The fraction of sp³-hybridized carbons (Fsp3) is 0.286. The normalized spacial score (nSPS) is 16.4. The molecule has 110 valence electrons. The molecule has 8 nitrogen and oxygen atoms in total. The zero-order chi connectivity index (χ0) is 15.7. The monoisotopic (exact) mass is 294 g/mol. The Bertz CT molecular complexity index is 679. The summed E-state index contributed by atoms with van der Waals surface area (Å²) in [4.78, 5) is 3.75. The molecule has 0 amide bonds. The van der Waals surface area contributed by atoms with Crippen molar-refractivity contribution in [2.24, 2.45) is 10.2 Å². The summed E-state index contributed by atoms with van der Waals surface area (Å²) in [6.45, 7) is 1.13. The Labute approximate surface area is 128 Å². The summed E-state index contributed by atoms with van der Waals surface area (Å²) >= 11 is 0. The van der Waals surface area contributed by atoms with Crippen LogP contribution in [0.4, 0.5) is 11.4 Å². The van der Waals surface area contributed by atoms with Crippen molar-refractivity contribution in [2.75, 3.05) is 37.2 Å². The lowest BCUT2D eigenvalue weighted by molar-refractivity contribution is 0.392. The van der Waals surface area contributed by atoms with Crippen LogP contribution in [0.25, 0.3) is 0 Å². The number of nitriles is 2. The summed E-state index contributed by atoms with van der Waals surface area (Å²) in [5.74, 6) is 0. The molecule has 0 unspecified atom stereocenters. The minimum Gasteiger partial charge on any atom is -0.310 e. The van der Waals surface area contributed by atoms with Crippen LogP contribution in [0, 0.1) is 22.7 Å². The first kappa shape index (κ1) is 13.7. The van der Waals surface area contributed by atoms with Crippen LogP contribution in [0.15, 0.2) is 22.3 Å². The van der Waals surface area contributed by atoms with Gasteiger partial charge in [0.2, 0.25) is 0 Å². The molecule has 0 fully saturated rings. The molecule has 0 saturated heterocycles. The fourth-order valence-electron chi connectivity index (χ4n) is 2.40. The van der Waals surface area contributed by atoms with Crippen molar-refractivity contribution >= 4 is 24.1 Å². The first-order valence-corrected chi connectivity index (χ1v) is 6.64. The van der Waals surface area contributed by atoms with E-state index in [4.69, 9.17) is 0 Å². The van der Waals surface area contributed by atoms with Gasteiger partial charge in [0.1, 0.15) is 38.2 Å². The van der Waals surface area contributed by atoms with E-state index in [9.17, 15) is 10.5 Å². The summed E-state index contributed by atoms with van der Waals surface area (Å²) in [5, 5.41) is 30.6. The Morgan fingerprint density at radius 1 is 0.864 bits per heavy atom. The van der Waals surface area contributed by atoms with E-state index in [1.807, 2.05) is 30.0 Å². The number of nitrogens with zero attached hydrogens (tertiary/aromatic N) is 8. The van der Waals surface area contributed by atoms with Crippen LogP contribution in [0.5, 0.6) is 0 Å². The zero-order valence-electron chi connectivity index (χ0n) is 12.3. The van der Waals surface area contributed by atoms with E-state index in [1.54, 1.807) is 28.8 Å². The van der Waals surface area contributed by atoms with Crippen molar-refractivity contribution in [3.63, 3.8) is 0 Å². The van der Waals surface area contributed by atoms with E-state index in [0.717, 1.165) is 11.4 Å². The second-order valence-corrected chi connectivity index (χ2v) is 5.11. The highest BCUT2D eigenvalue weighted by molar-refractivity contribution is 5.90. The molecule has 8 heteroatoms. The molecule has 22 heavy (non-hydrogen) atoms. The molecular formula is C14H14N8. The maximum Gasteiger partial charge on any atom is 0.117 e. The lowest BCUT2D eigenvalue weighted by Crippen LogP contribution is -2.27. The van der Waals surface area contributed by atoms with Crippen molar-refractivity contribution in [3.8, 4) is 12.1 Å². The van der Waals surface area contributed by atoms with Crippen LogP contribution in [-0.2, 0) is 0 Å². The van der Waals surface area contributed by atoms with Crippen molar-refractivity contribution < 1.29 is 0 Å². The molecule has 3 rings (SSSR count). The van der Waals surface area contributed by atoms with E-state index in [0.29, 0.717) is 24.5 Å². The molecular weight excluding hydrogens is 280 g/mol. The Hall–Kier alpha value is -3.26. The van der Waals surface area contributed by atoms with Gasteiger partial charge in [0.15, 0.2) is 0 Å². The average Bonchev–Trinajstić information content (AvgIpc) is 3.14. The summed E-state index contributed by atoms with van der Waals surface area (Å²) in [5.41, 5.74) is 2.36. The minimum atomic E-state index is 0.451. The number of hydrazone groups is 2. The predicted octanol–water partition coefficient (Wildman–Crippen LogP) is 0.735. The van der Waals surface area contributed by atoms with E-state index in [-0.39, 0.29) is 0 Å². The van der Waals surface area contributed by atoms with Crippen molar-refractivity contribution in [3.05, 3.63) is 23.3 Å². The van der Waals surface area contributed by atoms with Gasteiger partial charge in [0.05, 0.1) is 22.5 Å². The van der Waals surface area contributed by atoms with E-state index < -0.39 is 0 Å². The molecule has 0 bridgehead atoms. The van der Waals surface area contributed by atoms with Crippen LogP contribution in [0.2, 0.25) is 0 Å². The molecule has 0 atom stereocenters. The number of rotatable bonds is 2. The third-order valence-corrected chi connectivity index (χ3v) is 3.46. The lowest BCUT2D eigenvalue weighted by atomic mass is 10.1. The maximum absolute atomic E-state index is 9.37. The van der Waals surface area contributed by atoms with Gasteiger partial charge in [-0.15, -0.1) is 0 Å². The standard InChI is InChI=1S/C14H14N8/c1-19-9-21(7-17-19)13-4-14(22-8-18-20(2)10-22)12(6-16)3-11(13)5-15/h3-4,7-8H,9-10H2,1-2H3. The summed E-state index contributed by atoms with van der Waals surface area (Å²) < 4.78 is 0. The second kappa shape index (κ2) is 5.26. The van der Waals surface area contributed by atoms with Gasteiger partial charge in [-0.1, -0.05) is 0 Å². The molecule has 0 aromatic heterocycles. The van der Waals surface area contributed by atoms with Crippen molar-refractivity contribution in [2.45, 2.75) is 0 Å². The van der Waals surface area contributed by atoms with Crippen molar-refractivity contribution in [1.29, 1.82) is 10.5 Å². The van der Waals surface area contributed by atoms with Gasteiger partial charge in [-0.05, 0) is 12.1 Å². The Balaban J connectivity index is 2.07. The molecule has 0 radical (unpaired) electrons. The van der Waals surface area contributed by atoms with Crippen LogP contribution in [-0.4, -0.2) is 50.1 Å². The largest absolute Gasteiger partial charge is 0.310 e. The highest BCUT2D eigenvalue weighted by atomic mass is 15.6. The molecule has 2 aliphatic rings. The lowest BCUT2D eigenvalue weighted by Gasteiger charge is -2.22. The first-order chi connectivity index (χ1) is 10.6. The van der Waals surface area contributed by atoms with E-state index in [2.05, 4.69) is 22.3 Å². The molecule has 1 aromatic carbocycles. The topological polar surface area (TPSA) is 85.3 Å². The van der Waals surface area contributed by atoms with Gasteiger partial charge in [0.25, 0.3) is 0 Å². The van der Waals surface area contributed by atoms with Gasteiger partial charge in [0, 0.05) is 14.1 Å². The summed E-state index contributed by atoms with van der Waals surface area (Å²) in [6, 6.07) is 7.76. The Kier molecular flexibility index (Phi) is 3.28. The summed E-state index contributed by atoms with van der Waals surface area (Å²) in [7, 11) is 3.71. The third kappa shape index (κ3) is 2.27. The number of hydrogen-bond acceptors (Lipinski definition) is 8. The van der Waals surface area contributed by atoms with E-state index in [1.165, 1.54) is 0 Å². The van der Waals surface area contributed by atoms with Gasteiger partial charge in [-0.25, -0.2) is 0 Å². The number of hydrogen-bond donors (Lipinski definition) is 0. The number of benzene rings is 1. The second-order valence-electron chi connectivity index (χ2n) is 5.11. The van der Waals surface area contributed by atoms with Crippen LogP contribution >= 0.6 is 0 Å². The predicted molar refractivity (Wildman–Crippen MR) is 83.1 cm³/mol. The highest BCUT2D eigenvalue weighted by Crippen LogP contribution is 2.31. The molecule has 0 saturated carbocycles. The Morgan fingerprint density at radius 2 is 1.32 bits per heavy atom.